The van der Waals surface area contributed by atoms with Crippen LogP contribution in [0.5, 0.6) is 0 Å². The van der Waals surface area contributed by atoms with Gasteiger partial charge in [0, 0.05) is 19.7 Å². The van der Waals surface area contributed by atoms with E-state index in [9.17, 15) is 4.79 Å². The Bertz CT molecular complexity index is 676. The van der Waals surface area contributed by atoms with Gasteiger partial charge in [-0.1, -0.05) is 25.4 Å². The number of nitrogens with zero attached hydrogens (tertiary/aromatic N) is 4. The van der Waals surface area contributed by atoms with Crippen molar-refractivity contribution in [3.8, 4) is 0 Å². The Morgan fingerprint density at radius 3 is 2.71 bits per heavy atom. The molecule has 0 saturated carbocycles. The summed E-state index contributed by atoms with van der Waals surface area (Å²) in [7, 11) is 1.82. The van der Waals surface area contributed by atoms with E-state index in [1.54, 1.807) is 16.9 Å². The predicted molar refractivity (Wildman–Crippen MR) is 84.0 cm³/mol. The summed E-state index contributed by atoms with van der Waals surface area (Å²) < 4.78 is 3.10. The number of nitrogens with one attached hydrogen (secondary N) is 1. The van der Waals surface area contributed by atoms with E-state index in [1.165, 1.54) is 4.68 Å². The predicted octanol–water partition coefficient (Wildman–Crippen LogP) is 2.06. The van der Waals surface area contributed by atoms with Crippen LogP contribution in [0.2, 0.25) is 5.02 Å². The Morgan fingerprint density at radius 2 is 2.14 bits per heavy atom. The second kappa shape index (κ2) is 6.76. The van der Waals surface area contributed by atoms with E-state index >= 15 is 0 Å². The van der Waals surface area contributed by atoms with E-state index < -0.39 is 0 Å². The number of hydrogen-bond acceptors (Lipinski definition) is 4. The topological polar surface area (TPSA) is 64.7 Å². The Hall–Kier alpha value is -1.82. The van der Waals surface area contributed by atoms with Gasteiger partial charge < -0.3 is 5.32 Å². The van der Waals surface area contributed by atoms with Gasteiger partial charge in [0.2, 0.25) is 0 Å². The molecule has 21 heavy (non-hydrogen) atoms. The molecule has 0 radical (unpaired) electrons. The van der Waals surface area contributed by atoms with Gasteiger partial charge in [0.25, 0.3) is 5.56 Å². The first-order chi connectivity index (χ1) is 10.1. The fourth-order valence-electron chi connectivity index (χ4n) is 2.05. The van der Waals surface area contributed by atoms with Crippen molar-refractivity contribution in [3.63, 3.8) is 0 Å². The third kappa shape index (κ3) is 3.44. The van der Waals surface area contributed by atoms with Gasteiger partial charge in [-0.2, -0.15) is 10.2 Å². The molecule has 0 fully saturated rings. The lowest BCUT2D eigenvalue weighted by molar-refractivity contribution is 0.590. The van der Waals surface area contributed by atoms with Crippen molar-refractivity contribution >= 4 is 17.3 Å². The van der Waals surface area contributed by atoms with Gasteiger partial charge in [0.05, 0.1) is 34.8 Å². The Kier molecular flexibility index (Phi) is 5.01. The van der Waals surface area contributed by atoms with Crippen LogP contribution in [-0.2, 0) is 20.0 Å². The lowest BCUT2D eigenvalue weighted by Gasteiger charge is -2.08. The van der Waals surface area contributed by atoms with Crippen LogP contribution in [0.1, 0.15) is 31.7 Å². The maximum atomic E-state index is 12.1. The van der Waals surface area contributed by atoms with Crippen LogP contribution in [0.15, 0.2) is 17.1 Å². The quantitative estimate of drug-likeness (QED) is 0.887. The molecule has 0 saturated heterocycles. The highest BCUT2D eigenvalue weighted by atomic mass is 35.5. The minimum absolute atomic E-state index is 0.161. The number of aryl methyl sites for hydroxylation is 2. The van der Waals surface area contributed by atoms with E-state index in [1.807, 2.05) is 14.0 Å². The minimum Gasteiger partial charge on any atom is -0.384 e. The summed E-state index contributed by atoms with van der Waals surface area (Å²) in [4.78, 5) is 12.1. The molecule has 114 valence electrons. The first kappa shape index (κ1) is 15.6. The van der Waals surface area contributed by atoms with E-state index in [0.717, 1.165) is 36.5 Å². The first-order valence-electron chi connectivity index (χ1n) is 7.08. The second-order valence-electron chi connectivity index (χ2n) is 4.85. The summed E-state index contributed by atoms with van der Waals surface area (Å²) in [5.41, 5.74) is 2.20. The molecular weight excluding hydrogens is 290 g/mol. The number of halogens is 1. The molecule has 0 atom stereocenters. The van der Waals surface area contributed by atoms with E-state index in [4.69, 9.17) is 11.6 Å². The second-order valence-corrected chi connectivity index (χ2v) is 5.23. The third-order valence-corrected chi connectivity index (χ3v) is 3.69. The zero-order chi connectivity index (χ0) is 15.4. The van der Waals surface area contributed by atoms with Crippen molar-refractivity contribution in [2.45, 2.75) is 33.2 Å². The van der Waals surface area contributed by atoms with Crippen molar-refractivity contribution in [2.24, 2.45) is 7.05 Å². The van der Waals surface area contributed by atoms with Crippen molar-refractivity contribution in [1.82, 2.24) is 19.6 Å². The van der Waals surface area contributed by atoms with E-state index in [2.05, 4.69) is 22.4 Å². The molecule has 0 aliphatic heterocycles. The summed E-state index contributed by atoms with van der Waals surface area (Å²) in [5, 5.41) is 12.3. The van der Waals surface area contributed by atoms with Crippen molar-refractivity contribution in [1.29, 1.82) is 0 Å². The largest absolute Gasteiger partial charge is 0.384 e. The molecule has 0 bridgehead atoms. The summed E-state index contributed by atoms with van der Waals surface area (Å²) in [6.45, 7) is 5.20. The SMILES string of the molecule is CCCNc1cnn(Cc2c(Cl)c(CC)nn2C)c(=O)c1. The maximum Gasteiger partial charge on any atom is 0.269 e. The highest BCUT2D eigenvalue weighted by Crippen LogP contribution is 2.21. The van der Waals surface area contributed by atoms with E-state index in [0.29, 0.717) is 11.6 Å². The van der Waals surface area contributed by atoms with Crippen molar-refractivity contribution < 1.29 is 0 Å². The molecule has 0 amide bonds. The molecule has 7 heteroatoms. The van der Waals surface area contributed by atoms with Crippen LogP contribution < -0.4 is 10.9 Å². The molecule has 0 aliphatic rings. The average Bonchev–Trinajstić information content (AvgIpc) is 2.74. The molecule has 0 spiro atoms. The molecule has 1 N–H and O–H groups in total. The first-order valence-corrected chi connectivity index (χ1v) is 7.45. The summed E-state index contributed by atoms with van der Waals surface area (Å²) in [6.07, 6.45) is 3.41. The Balaban J connectivity index is 2.24. The van der Waals surface area contributed by atoms with Gasteiger partial charge in [0.1, 0.15) is 0 Å². The molecule has 2 heterocycles. The molecule has 0 aromatic carbocycles. The average molecular weight is 310 g/mol. The lowest BCUT2D eigenvalue weighted by atomic mass is 10.3. The zero-order valence-electron chi connectivity index (χ0n) is 12.6. The molecule has 2 aromatic rings. The van der Waals surface area contributed by atoms with Crippen molar-refractivity contribution in [3.05, 3.63) is 39.0 Å². The smallest absolute Gasteiger partial charge is 0.269 e. The standard InChI is InChI=1S/C14H20ClN5O/c1-4-6-16-10-7-13(21)20(17-8-10)9-12-14(15)11(5-2)18-19(12)3/h7-8,16H,4-6,9H2,1-3H3. The number of hydrogen-bond donors (Lipinski definition) is 1. The highest BCUT2D eigenvalue weighted by Gasteiger charge is 2.14. The van der Waals surface area contributed by atoms with Gasteiger partial charge in [0.15, 0.2) is 0 Å². The summed E-state index contributed by atoms with van der Waals surface area (Å²) >= 11 is 6.29. The van der Waals surface area contributed by atoms with Gasteiger partial charge >= 0.3 is 0 Å². The number of rotatable bonds is 6. The lowest BCUT2D eigenvalue weighted by Crippen LogP contribution is -2.24. The van der Waals surface area contributed by atoms with Crippen LogP contribution in [0, 0.1) is 0 Å². The molecule has 0 unspecified atom stereocenters. The number of anilines is 1. The van der Waals surface area contributed by atoms with Gasteiger partial charge in [-0.25, -0.2) is 4.68 Å². The Morgan fingerprint density at radius 1 is 1.38 bits per heavy atom. The normalized spacial score (nSPS) is 10.9. The molecular formula is C14H20ClN5O. The van der Waals surface area contributed by atoms with Gasteiger partial charge in [-0.05, 0) is 12.8 Å². The molecule has 2 rings (SSSR count). The minimum atomic E-state index is -0.161. The summed E-state index contributed by atoms with van der Waals surface area (Å²) in [5.74, 6) is 0. The van der Waals surface area contributed by atoms with Crippen LogP contribution in [0.4, 0.5) is 5.69 Å². The van der Waals surface area contributed by atoms with Gasteiger partial charge in [-0.3, -0.25) is 9.48 Å². The fourth-order valence-corrected chi connectivity index (χ4v) is 2.41. The number of aromatic nitrogens is 4. The fraction of sp³-hybridized carbons (Fsp3) is 0.500. The molecule has 0 aliphatic carbocycles. The zero-order valence-corrected chi connectivity index (χ0v) is 13.3. The van der Waals surface area contributed by atoms with Crippen LogP contribution in [-0.4, -0.2) is 26.1 Å². The van der Waals surface area contributed by atoms with E-state index in [-0.39, 0.29) is 5.56 Å². The van der Waals surface area contributed by atoms with Crippen molar-refractivity contribution in [2.75, 3.05) is 11.9 Å². The third-order valence-electron chi connectivity index (χ3n) is 3.25. The summed E-state index contributed by atoms with van der Waals surface area (Å²) in [6, 6.07) is 1.55. The molecule has 2 aromatic heterocycles. The van der Waals surface area contributed by atoms with Crippen LogP contribution in [0.25, 0.3) is 0 Å². The highest BCUT2D eigenvalue weighted by molar-refractivity contribution is 6.31. The van der Waals surface area contributed by atoms with Crippen LogP contribution >= 0.6 is 11.6 Å². The van der Waals surface area contributed by atoms with Crippen LogP contribution in [0.3, 0.4) is 0 Å². The van der Waals surface area contributed by atoms with Gasteiger partial charge in [-0.15, -0.1) is 0 Å². The Labute approximate surface area is 128 Å². The molecule has 6 nitrogen and oxygen atoms in total. The maximum absolute atomic E-state index is 12.1. The monoisotopic (exact) mass is 309 g/mol.